The summed E-state index contributed by atoms with van der Waals surface area (Å²) in [4.78, 5) is 0. The summed E-state index contributed by atoms with van der Waals surface area (Å²) < 4.78 is 5.11. The van der Waals surface area contributed by atoms with E-state index in [0.29, 0.717) is 0 Å². The lowest BCUT2D eigenvalue weighted by Crippen LogP contribution is -2.24. The van der Waals surface area contributed by atoms with E-state index < -0.39 is 0 Å². The molecule has 0 unspecified atom stereocenters. The molecule has 104 valence electrons. The van der Waals surface area contributed by atoms with Crippen LogP contribution < -0.4 is 0 Å². The fourth-order valence-electron chi connectivity index (χ4n) is 3.14. The van der Waals surface area contributed by atoms with E-state index in [4.69, 9.17) is 4.52 Å². The lowest BCUT2D eigenvalue weighted by Gasteiger charge is -2.33. The van der Waals surface area contributed by atoms with Crippen molar-refractivity contribution in [3.05, 3.63) is 52.4 Å². The molecule has 2 heteroatoms. The molecule has 0 radical (unpaired) electrons. The van der Waals surface area contributed by atoms with Crippen molar-refractivity contribution in [2.45, 2.75) is 45.4 Å². The van der Waals surface area contributed by atoms with Gasteiger partial charge in [-0.05, 0) is 59.9 Å². The van der Waals surface area contributed by atoms with Gasteiger partial charge in [-0.25, -0.2) is 0 Å². The summed E-state index contributed by atoms with van der Waals surface area (Å²) >= 11 is 0. The number of aryl methyl sites for hydroxylation is 2. The third-order valence-electron chi connectivity index (χ3n) is 4.35. The van der Waals surface area contributed by atoms with Crippen LogP contribution >= 0.6 is 0 Å². The summed E-state index contributed by atoms with van der Waals surface area (Å²) in [7, 11) is 0. The number of fused-ring (bicyclic) bond motifs is 1. The van der Waals surface area contributed by atoms with Gasteiger partial charge in [0.1, 0.15) is 0 Å². The highest BCUT2D eigenvalue weighted by atomic mass is 16.5. The van der Waals surface area contributed by atoms with Crippen molar-refractivity contribution in [2.75, 3.05) is 0 Å². The van der Waals surface area contributed by atoms with Crippen molar-refractivity contribution in [1.29, 1.82) is 0 Å². The lowest BCUT2D eigenvalue weighted by molar-refractivity contribution is 0.413. The zero-order chi connectivity index (χ0) is 14.2. The molecule has 1 heterocycles. The van der Waals surface area contributed by atoms with Crippen LogP contribution in [-0.4, -0.2) is 5.16 Å². The molecule has 20 heavy (non-hydrogen) atoms. The fraction of sp³-hybridized carbons (Fsp3) is 0.389. The molecule has 1 aromatic heterocycles. The highest BCUT2D eigenvalue weighted by molar-refractivity contribution is 5.70. The largest absolute Gasteiger partial charge is 0.357 e. The van der Waals surface area contributed by atoms with Gasteiger partial charge in [0, 0.05) is 6.07 Å². The fourth-order valence-corrected chi connectivity index (χ4v) is 3.14. The molecule has 1 aromatic carbocycles. The number of hydrogen-bond donors (Lipinski definition) is 0. The van der Waals surface area contributed by atoms with Crippen LogP contribution in [0.2, 0.25) is 0 Å². The average molecular weight is 267 g/mol. The van der Waals surface area contributed by atoms with Crippen LogP contribution in [0, 0.1) is 6.92 Å². The Morgan fingerprint density at radius 2 is 2.10 bits per heavy atom. The number of rotatable bonds is 2. The van der Waals surface area contributed by atoms with Gasteiger partial charge in [0.05, 0.1) is 6.20 Å². The SMILES string of the molecule is Cc1cc2c(cc1C=Cc1ccno1)C(C)(C)CCC2. The van der Waals surface area contributed by atoms with E-state index in [1.165, 1.54) is 41.5 Å². The van der Waals surface area contributed by atoms with Gasteiger partial charge >= 0.3 is 0 Å². The normalized spacial score (nSPS) is 17.4. The molecule has 3 rings (SSSR count). The Hall–Kier alpha value is -1.83. The Kier molecular flexibility index (Phi) is 3.25. The van der Waals surface area contributed by atoms with Crippen molar-refractivity contribution in [1.82, 2.24) is 5.16 Å². The minimum atomic E-state index is 0.288. The third kappa shape index (κ3) is 2.43. The maximum Gasteiger partial charge on any atom is 0.159 e. The Balaban J connectivity index is 2.00. The molecule has 0 N–H and O–H groups in total. The van der Waals surface area contributed by atoms with Crippen LogP contribution in [0.1, 0.15) is 54.7 Å². The second-order valence-electron chi connectivity index (χ2n) is 6.35. The zero-order valence-corrected chi connectivity index (χ0v) is 12.4. The van der Waals surface area contributed by atoms with Crippen LogP contribution in [0.3, 0.4) is 0 Å². The molecule has 0 saturated heterocycles. The Morgan fingerprint density at radius 1 is 1.25 bits per heavy atom. The Morgan fingerprint density at radius 3 is 2.85 bits per heavy atom. The molecule has 0 spiro atoms. The maximum absolute atomic E-state index is 5.11. The third-order valence-corrected chi connectivity index (χ3v) is 4.35. The van der Waals surface area contributed by atoms with Crippen LogP contribution in [0.25, 0.3) is 12.2 Å². The van der Waals surface area contributed by atoms with Crippen LogP contribution in [0.15, 0.2) is 28.9 Å². The average Bonchev–Trinajstić information content (AvgIpc) is 2.89. The molecule has 0 saturated carbocycles. The number of nitrogens with zero attached hydrogens (tertiary/aromatic N) is 1. The van der Waals surface area contributed by atoms with Gasteiger partial charge in [-0.2, -0.15) is 0 Å². The first-order valence-corrected chi connectivity index (χ1v) is 7.29. The Bertz CT molecular complexity index is 636. The van der Waals surface area contributed by atoms with Crippen LogP contribution in [0.5, 0.6) is 0 Å². The van der Waals surface area contributed by atoms with E-state index in [-0.39, 0.29) is 5.41 Å². The van der Waals surface area contributed by atoms with E-state index in [1.807, 2.05) is 12.1 Å². The van der Waals surface area contributed by atoms with Crippen molar-refractivity contribution in [2.24, 2.45) is 0 Å². The highest BCUT2D eigenvalue weighted by Gasteiger charge is 2.27. The summed E-state index contributed by atoms with van der Waals surface area (Å²) in [5, 5.41) is 3.72. The maximum atomic E-state index is 5.11. The molecule has 0 aliphatic heterocycles. The monoisotopic (exact) mass is 267 g/mol. The van der Waals surface area contributed by atoms with Crippen molar-refractivity contribution < 1.29 is 4.52 Å². The molecule has 2 aromatic rings. The topological polar surface area (TPSA) is 26.0 Å². The number of aromatic nitrogens is 1. The molecule has 2 nitrogen and oxygen atoms in total. The summed E-state index contributed by atoms with van der Waals surface area (Å²) in [6, 6.07) is 6.58. The molecular formula is C18H21NO. The van der Waals surface area contributed by atoms with Gasteiger partial charge < -0.3 is 4.52 Å². The standard InChI is InChI=1S/C18H21NO/c1-13-11-15-5-4-9-18(2,3)17(15)12-14(13)6-7-16-8-10-19-20-16/h6-8,10-12H,4-5,9H2,1-3H3. The number of hydrogen-bond acceptors (Lipinski definition) is 2. The second-order valence-corrected chi connectivity index (χ2v) is 6.35. The van der Waals surface area contributed by atoms with Gasteiger partial charge in [0.25, 0.3) is 0 Å². The summed E-state index contributed by atoms with van der Waals surface area (Å²) in [6.07, 6.45) is 9.56. The number of benzene rings is 1. The van der Waals surface area contributed by atoms with Gasteiger partial charge in [0.2, 0.25) is 0 Å². The van der Waals surface area contributed by atoms with E-state index in [2.05, 4.69) is 44.1 Å². The van der Waals surface area contributed by atoms with Crippen molar-refractivity contribution >= 4 is 12.2 Å². The first-order valence-electron chi connectivity index (χ1n) is 7.29. The van der Waals surface area contributed by atoms with Gasteiger partial charge in [-0.1, -0.05) is 37.2 Å². The molecule has 1 aliphatic rings. The predicted molar refractivity (Wildman–Crippen MR) is 82.6 cm³/mol. The summed E-state index contributed by atoms with van der Waals surface area (Å²) in [5.74, 6) is 0.793. The summed E-state index contributed by atoms with van der Waals surface area (Å²) in [6.45, 7) is 6.89. The van der Waals surface area contributed by atoms with E-state index in [0.717, 1.165) is 5.76 Å². The minimum absolute atomic E-state index is 0.288. The summed E-state index contributed by atoms with van der Waals surface area (Å²) in [5.41, 5.74) is 5.92. The van der Waals surface area contributed by atoms with Gasteiger partial charge in [0.15, 0.2) is 5.76 Å². The van der Waals surface area contributed by atoms with Crippen LogP contribution in [-0.2, 0) is 11.8 Å². The quantitative estimate of drug-likeness (QED) is 0.783. The molecule has 0 fully saturated rings. The Labute approximate surface area is 120 Å². The molecule has 1 aliphatic carbocycles. The van der Waals surface area contributed by atoms with Gasteiger partial charge in [-0.15, -0.1) is 0 Å². The zero-order valence-electron chi connectivity index (χ0n) is 12.4. The van der Waals surface area contributed by atoms with E-state index in [1.54, 1.807) is 6.20 Å². The van der Waals surface area contributed by atoms with Crippen molar-refractivity contribution in [3.63, 3.8) is 0 Å². The molecule has 0 bridgehead atoms. The molecule has 0 amide bonds. The first kappa shape index (κ1) is 13.2. The minimum Gasteiger partial charge on any atom is -0.357 e. The predicted octanol–water partition coefficient (Wildman–Crippen LogP) is 4.77. The molecule has 0 atom stereocenters. The highest BCUT2D eigenvalue weighted by Crippen LogP contribution is 2.38. The van der Waals surface area contributed by atoms with E-state index in [9.17, 15) is 0 Å². The first-order chi connectivity index (χ1) is 9.56. The van der Waals surface area contributed by atoms with E-state index >= 15 is 0 Å². The second kappa shape index (κ2) is 4.93. The lowest BCUT2D eigenvalue weighted by atomic mass is 9.72. The van der Waals surface area contributed by atoms with Gasteiger partial charge in [-0.3, -0.25) is 0 Å². The van der Waals surface area contributed by atoms with Crippen molar-refractivity contribution in [3.8, 4) is 0 Å². The molecular weight excluding hydrogens is 246 g/mol. The smallest absolute Gasteiger partial charge is 0.159 e. The van der Waals surface area contributed by atoms with Crippen LogP contribution in [0.4, 0.5) is 0 Å².